The Bertz CT molecular complexity index is 845. The molecule has 0 unspecified atom stereocenters. The molecule has 1 N–H and O–H groups in total. The van der Waals surface area contributed by atoms with E-state index >= 15 is 0 Å². The van der Waals surface area contributed by atoms with E-state index in [-0.39, 0.29) is 5.69 Å². The summed E-state index contributed by atoms with van der Waals surface area (Å²) in [5.41, 5.74) is 2.48. The van der Waals surface area contributed by atoms with Crippen LogP contribution in [0.2, 0.25) is 0 Å². The highest BCUT2D eigenvalue weighted by atomic mass is 19.4. The van der Waals surface area contributed by atoms with E-state index in [0.29, 0.717) is 5.69 Å². The number of aromatic amines is 1. The van der Waals surface area contributed by atoms with Gasteiger partial charge in [-0.1, -0.05) is 0 Å². The zero-order valence-electron chi connectivity index (χ0n) is 12.7. The van der Waals surface area contributed by atoms with Gasteiger partial charge in [0.15, 0.2) is 0 Å². The Labute approximate surface area is 130 Å². The van der Waals surface area contributed by atoms with E-state index in [9.17, 15) is 13.2 Å². The molecule has 0 spiro atoms. The van der Waals surface area contributed by atoms with E-state index in [0.717, 1.165) is 34.3 Å². The van der Waals surface area contributed by atoms with Crippen LogP contribution in [0.15, 0.2) is 28.8 Å². The third-order valence-electron chi connectivity index (χ3n) is 3.86. The summed E-state index contributed by atoms with van der Waals surface area (Å²) in [4.78, 5) is 4.19. The number of nitrogens with one attached hydrogen (secondary N) is 1. The average Bonchev–Trinajstić information content (AvgIpc) is 3.09. The van der Waals surface area contributed by atoms with Crippen LogP contribution in [0.5, 0.6) is 0 Å². The number of hydrogen-bond acceptors (Lipinski definition) is 3. The fourth-order valence-corrected chi connectivity index (χ4v) is 2.29. The molecule has 0 fully saturated rings. The van der Waals surface area contributed by atoms with Crippen molar-refractivity contribution in [3.8, 4) is 22.7 Å². The summed E-state index contributed by atoms with van der Waals surface area (Å²) in [6.07, 6.45) is -2.88. The highest BCUT2D eigenvalue weighted by Gasteiger charge is 2.33. The summed E-state index contributed by atoms with van der Waals surface area (Å²) in [7, 11) is 0. The van der Waals surface area contributed by atoms with Crippen molar-refractivity contribution in [3.63, 3.8) is 0 Å². The van der Waals surface area contributed by atoms with Crippen molar-refractivity contribution < 1.29 is 17.6 Å². The molecule has 0 saturated heterocycles. The van der Waals surface area contributed by atoms with E-state index in [1.807, 2.05) is 25.9 Å². The summed E-state index contributed by atoms with van der Waals surface area (Å²) in [6.45, 7) is 5.82. The lowest BCUT2D eigenvalue weighted by Crippen LogP contribution is -2.04. The first kappa shape index (κ1) is 15.3. The van der Waals surface area contributed by atoms with Gasteiger partial charge < -0.3 is 4.42 Å². The lowest BCUT2D eigenvalue weighted by atomic mass is 10.1. The second kappa shape index (κ2) is 5.26. The minimum atomic E-state index is -4.45. The van der Waals surface area contributed by atoms with Gasteiger partial charge in [0.1, 0.15) is 22.9 Å². The molecular formula is C16H14F3N3O. The van der Waals surface area contributed by atoms with E-state index in [1.165, 1.54) is 0 Å². The lowest BCUT2D eigenvalue weighted by Gasteiger charge is -2.01. The molecule has 120 valence electrons. The third-order valence-corrected chi connectivity index (χ3v) is 3.86. The standard InChI is InChI=1S/C16H14F3N3O/c1-8-9(2)15(23-10(8)3)11-4-5-12(20-7-11)13-6-14(22-21-13)16(17,18)19/h4-7H,1-3H3,(H,21,22). The number of alkyl halides is 3. The molecule has 3 aromatic rings. The van der Waals surface area contributed by atoms with E-state index in [1.54, 1.807) is 18.3 Å². The van der Waals surface area contributed by atoms with Gasteiger partial charge in [-0.2, -0.15) is 18.3 Å². The van der Waals surface area contributed by atoms with Crippen molar-refractivity contribution in [2.24, 2.45) is 0 Å². The summed E-state index contributed by atoms with van der Waals surface area (Å²) < 4.78 is 43.5. The van der Waals surface area contributed by atoms with Gasteiger partial charge in [0.2, 0.25) is 0 Å². The fraction of sp³-hybridized carbons (Fsp3) is 0.250. The predicted molar refractivity (Wildman–Crippen MR) is 78.7 cm³/mol. The number of nitrogens with zero attached hydrogens (tertiary/aromatic N) is 2. The van der Waals surface area contributed by atoms with Gasteiger partial charge >= 0.3 is 6.18 Å². The van der Waals surface area contributed by atoms with Gasteiger partial charge in [0.05, 0.1) is 5.69 Å². The normalized spacial score (nSPS) is 11.9. The van der Waals surface area contributed by atoms with Gasteiger partial charge in [-0.15, -0.1) is 0 Å². The number of aromatic nitrogens is 3. The number of aryl methyl sites for hydroxylation is 1. The maximum atomic E-state index is 12.6. The monoisotopic (exact) mass is 321 g/mol. The predicted octanol–water partition coefficient (Wildman–Crippen LogP) is 4.68. The summed E-state index contributed by atoms with van der Waals surface area (Å²) in [5.74, 6) is 1.56. The van der Waals surface area contributed by atoms with Crippen molar-refractivity contribution in [2.75, 3.05) is 0 Å². The fourth-order valence-electron chi connectivity index (χ4n) is 2.29. The molecule has 0 amide bonds. The molecular weight excluding hydrogens is 307 g/mol. The number of pyridine rings is 1. The molecule has 7 heteroatoms. The van der Waals surface area contributed by atoms with Crippen LogP contribution in [0, 0.1) is 20.8 Å². The highest BCUT2D eigenvalue weighted by Crippen LogP contribution is 2.32. The molecule has 0 radical (unpaired) electrons. The second-order valence-corrected chi connectivity index (χ2v) is 5.33. The zero-order chi connectivity index (χ0) is 16.8. The first-order valence-electron chi connectivity index (χ1n) is 6.93. The van der Waals surface area contributed by atoms with Crippen molar-refractivity contribution >= 4 is 0 Å². The molecule has 3 rings (SSSR count). The Morgan fingerprint density at radius 1 is 1.04 bits per heavy atom. The maximum Gasteiger partial charge on any atom is 0.432 e. The summed E-state index contributed by atoms with van der Waals surface area (Å²) in [6, 6.07) is 4.32. The van der Waals surface area contributed by atoms with Crippen molar-refractivity contribution in [2.45, 2.75) is 26.9 Å². The van der Waals surface area contributed by atoms with Crippen LogP contribution in [-0.4, -0.2) is 15.2 Å². The van der Waals surface area contributed by atoms with Crippen LogP contribution in [0.1, 0.15) is 22.6 Å². The molecule has 23 heavy (non-hydrogen) atoms. The molecule has 0 aliphatic carbocycles. The number of halogens is 3. The van der Waals surface area contributed by atoms with Gasteiger partial charge in [-0.25, -0.2) is 0 Å². The Kier molecular flexibility index (Phi) is 3.50. The van der Waals surface area contributed by atoms with Crippen molar-refractivity contribution in [1.29, 1.82) is 0 Å². The van der Waals surface area contributed by atoms with Crippen LogP contribution in [0.4, 0.5) is 13.2 Å². The minimum absolute atomic E-state index is 0.146. The molecule has 0 atom stereocenters. The average molecular weight is 321 g/mol. The molecule has 0 aromatic carbocycles. The van der Waals surface area contributed by atoms with Crippen LogP contribution in [-0.2, 0) is 6.18 Å². The first-order valence-corrected chi connectivity index (χ1v) is 6.93. The van der Waals surface area contributed by atoms with Gasteiger partial charge in [-0.3, -0.25) is 10.1 Å². The van der Waals surface area contributed by atoms with Crippen molar-refractivity contribution in [3.05, 3.63) is 47.0 Å². The quantitative estimate of drug-likeness (QED) is 0.746. The molecule has 0 aliphatic rings. The number of rotatable bonds is 2. The van der Waals surface area contributed by atoms with E-state index in [2.05, 4.69) is 10.1 Å². The number of hydrogen-bond donors (Lipinski definition) is 1. The number of furan rings is 1. The Hall–Kier alpha value is -2.57. The van der Waals surface area contributed by atoms with E-state index < -0.39 is 11.9 Å². The molecule has 3 aromatic heterocycles. The first-order chi connectivity index (χ1) is 10.8. The highest BCUT2D eigenvalue weighted by molar-refractivity contribution is 5.65. The molecule has 0 saturated carbocycles. The Balaban J connectivity index is 1.93. The molecule has 0 aliphatic heterocycles. The minimum Gasteiger partial charge on any atom is -0.461 e. The zero-order valence-corrected chi connectivity index (χ0v) is 12.7. The van der Waals surface area contributed by atoms with Gasteiger partial charge in [-0.05, 0) is 50.1 Å². The van der Waals surface area contributed by atoms with Gasteiger partial charge in [0, 0.05) is 11.8 Å². The smallest absolute Gasteiger partial charge is 0.432 e. The summed E-state index contributed by atoms with van der Waals surface area (Å²) in [5, 5.41) is 5.64. The Morgan fingerprint density at radius 3 is 2.26 bits per heavy atom. The topological polar surface area (TPSA) is 54.7 Å². The van der Waals surface area contributed by atoms with Crippen molar-refractivity contribution in [1.82, 2.24) is 15.2 Å². The SMILES string of the molecule is Cc1oc(-c2ccc(-c3cc(C(F)(F)F)[nH]n3)nc2)c(C)c1C. The van der Waals surface area contributed by atoms with Crippen LogP contribution >= 0.6 is 0 Å². The lowest BCUT2D eigenvalue weighted by molar-refractivity contribution is -0.141. The number of H-pyrrole nitrogens is 1. The summed E-state index contributed by atoms with van der Waals surface area (Å²) >= 11 is 0. The largest absolute Gasteiger partial charge is 0.461 e. The third kappa shape index (κ3) is 2.74. The maximum absolute atomic E-state index is 12.6. The second-order valence-electron chi connectivity index (χ2n) is 5.33. The van der Waals surface area contributed by atoms with E-state index in [4.69, 9.17) is 4.42 Å². The van der Waals surface area contributed by atoms with Gasteiger partial charge in [0.25, 0.3) is 0 Å². The molecule has 0 bridgehead atoms. The Morgan fingerprint density at radius 2 is 1.78 bits per heavy atom. The van der Waals surface area contributed by atoms with Crippen LogP contribution < -0.4 is 0 Å². The van der Waals surface area contributed by atoms with Crippen LogP contribution in [0.3, 0.4) is 0 Å². The molecule has 4 nitrogen and oxygen atoms in total. The van der Waals surface area contributed by atoms with Crippen LogP contribution in [0.25, 0.3) is 22.7 Å². The molecule has 3 heterocycles.